The summed E-state index contributed by atoms with van der Waals surface area (Å²) < 4.78 is 46.7. The number of nitrogens with zero attached hydrogens (tertiary/aromatic N) is 2. The third-order valence-electron chi connectivity index (χ3n) is 5.18. The first kappa shape index (κ1) is 19.8. The molecule has 0 N–H and O–H groups in total. The van der Waals surface area contributed by atoms with Gasteiger partial charge in [-0.1, -0.05) is 12.1 Å². The highest BCUT2D eigenvalue weighted by Crippen LogP contribution is 2.31. The Bertz CT molecular complexity index is 929. The molecule has 27 heavy (non-hydrogen) atoms. The monoisotopic (exact) mass is 392 g/mol. The van der Waals surface area contributed by atoms with Crippen LogP contribution in [0.15, 0.2) is 41.3 Å². The van der Waals surface area contributed by atoms with Crippen LogP contribution in [0.5, 0.6) is 5.75 Å². The van der Waals surface area contributed by atoms with Crippen LogP contribution in [0.2, 0.25) is 0 Å². The first-order valence-corrected chi connectivity index (χ1v) is 10.3. The maximum Gasteiger partial charge on any atom is 0.243 e. The van der Waals surface area contributed by atoms with Crippen LogP contribution in [-0.4, -0.2) is 51.4 Å². The fraction of sp³-hybridized carbons (Fsp3) is 0.400. The standard InChI is InChI=1S/C20H25FN2O3S/c1-14-12-20(15(2)11-19(14)26-4)27(24,25)23-10-9-22(3)18(13-23)16-5-7-17(21)8-6-16/h5-8,11-12,18H,9-10,13H2,1-4H3. The largest absolute Gasteiger partial charge is 0.496 e. The van der Waals surface area contributed by atoms with Crippen molar-refractivity contribution in [3.63, 3.8) is 0 Å². The van der Waals surface area contributed by atoms with Crippen molar-refractivity contribution in [2.75, 3.05) is 33.8 Å². The number of hydrogen-bond acceptors (Lipinski definition) is 4. The molecule has 0 saturated carbocycles. The van der Waals surface area contributed by atoms with E-state index in [1.165, 1.54) is 16.4 Å². The van der Waals surface area contributed by atoms with Crippen molar-refractivity contribution in [3.8, 4) is 5.75 Å². The topological polar surface area (TPSA) is 49.9 Å². The molecule has 0 bridgehead atoms. The summed E-state index contributed by atoms with van der Waals surface area (Å²) in [4.78, 5) is 2.41. The molecule has 0 radical (unpaired) electrons. The Hall–Kier alpha value is -1.96. The lowest BCUT2D eigenvalue weighted by molar-refractivity contribution is 0.148. The van der Waals surface area contributed by atoms with Crippen molar-refractivity contribution in [2.45, 2.75) is 24.8 Å². The molecule has 1 saturated heterocycles. The van der Waals surface area contributed by atoms with Gasteiger partial charge in [0.05, 0.1) is 12.0 Å². The van der Waals surface area contributed by atoms with Crippen molar-refractivity contribution in [2.24, 2.45) is 0 Å². The van der Waals surface area contributed by atoms with E-state index in [9.17, 15) is 12.8 Å². The van der Waals surface area contributed by atoms with E-state index in [1.807, 2.05) is 14.0 Å². The van der Waals surface area contributed by atoms with Crippen LogP contribution in [0.25, 0.3) is 0 Å². The summed E-state index contributed by atoms with van der Waals surface area (Å²) >= 11 is 0. The molecular weight excluding hydrogens is 367 g/mol. The van der Waals surface area contributed by atoms with Gasteiger partial charge in [0, 0.05) is 25.7 Å². The first-order valence-electron chi connectivity index (χ1n) is 8.85. The van der Waals surface area contributed by atoms with Gasteiger partial charge in [-0.05, 0) is 61.9 Å². The number of hydrogen-bond donors (Lipinski definition) is 0. The molecule has 0 aliphatic carbocycles. The second-order valence-electron chi connectivity index (χ2n) is 7.00. The molecule has 1 unspecified atom stereocenters. The van der Waals surface area contributed by atoms with Crippen LogP contribution in [0.3, 0.4) is 0 Å². The zero-order valence-corrected chi connectivity index (χ0v) is 16.9. The molecule has 0 amide bonds. The Balaban J connectivity index is 1.93. The van der Waals surface area contributed by atoms with Crippen molar-refractivity contribution >= 4 is 10.0 Å². The Morgan fingerprint density at radius 3 is 2.37 bits per heavy atom. The molecule has 1 aliphatic rings. The van der Waals surface area contributed by atoms with E-state index >= 15 is 0 Å². The molecule has 146 valence electrons. The van der Waals surface area contributed by atoms with E-state index in [1.54, 1.807) is 38.3 Å². The number of aryl methyl sites for hydroxylation is 2. The molecular formula is C20H25FN2O3S. The molecule has 1 heterocycles. The molecule has 5 nitrogen and oxygen atoms in total. The highest BCUT2D eigenvalue weighted by molar-refractivity contribution is 7.89. The van der Waals surface area contributed by atoms with Gasteiger partial charge in [0.15, 0.2) is 0 Å². The summed E-state index contributed by atoms with van der Waals surface area (Å²) in [7, 11) is -0.103. The molecule has 0 aromatic heterocycles. The van der Waals surface area contributed by atoms with Crippen molar-refractivity contribution in [1.82, 2.24) is 9.21 Å². The minimum Gasteiger partial charge on any atom is -0.496 e. The van der Waals surface area contributed by atoms with E-state index in [0.717, 1.165) is 11.1 Å². The predicted octanol–water partition coefficient (Wildman–Crippen LogP) is 3.13. The zero-order chi connectivity index (χ0) is 19.8. The highest BCUT2D eigenvalue weighted by atomic mass is 32.2. The molecule has 1 aliphatic heterocycles. The normalized spacial score (nSPS) is 19.2. The predicted molar refractivity (Wildman–Crippen MR) is 103 cm³/mol. The number of likely N-dealkylation sites (N-methyl/N-ethyl adjacent to an activating group) is 1. The first-order chi connectivity index (χ1) is 12.7. The van der Waals surface area contributed by atoms with Gasteiger partial charge >= 0.3 is 0 Å². The fourth-order valence-electron chi connectivity index (χ4n) is 3.51. The van der Waals surface area contributed by atoms with Gasteiger partial charge in [-0.2, -0.15) is 4.31 Å². The summed E-state index contributed by atoms with van der Waals surface area (Å²) in [6, 6.07) is 9.57. The van der Waals surface area contributed by atoms with Crippen LogP contribution in [0, 0.1) is 19.7 Å². The van der Waals surface area contributed by atoms with Gasteiger partial charge in [0.2, 0.25) is 10.0 Å². The Kier molecular flexibility index (Phi) is 5.55. The minimum absolute atomic E-state index is 0.117. The lowest BCUT2D eigenvalue weighted by Crippen LogP contribution is -2.49. The second-order valence-corrected chi connectivity index (χ2v) is 8.90. The number of methoxy groups -OCH3 is 1. The van der Waals surface area contributed by atoms with Crippen LogP contribution in [-0.2, 0) is 10.0 Å². The summed E-state index contributed by atoms with van der Waals surface area (Å²) in [5, 5.41) is 0. The highest BCUT2D eigenvalue weighted by Gasteiger charge is 2.34. The quantitative estimate of drug-likeness (QED) is 0.802. The van der Waals surface area contributed by atoms with Gasteiger partial charge in [-0.3, -0.25) is 4.90 Å². The smallest absolute Gasteiger partial charge is 0.243 e. The lowest BCUT2D eigenvalue weighted by Gasteiger charge is -2.39. The number of rotatable bonds is 4. The van der Waals surface area contributed by atoms with E-state index in [-0.39, 0.29) is 11.9 Å². The van der Waals surface area contributed by atoms with Crippen molar-refractivity contribution in [1.29, 1.82) is 0 Å². The van der Waals surface area contributed by atoms with Crippen LogP contribution in [0.4, 0.5) is 4.39 Å². The van der Waals surface area contributed by atoms with Crippen LogP contribution in [0.1, 0.15) is 22.7 Å². The molecule has 2 aromatic carbocycles. The molecule has 1 fully saturated rings. The summed E-state index contributed by atoms with van der Waals surface area (Å²) in [6.45, 7) is 4.97. The van der Waals surface area contributed by atoms with E-state index < -0.39 is 10.0 Å². The van der Waals surface area contributed by atoms with Crippen molar-refractivity contribution in [3.05, 3.63) is 58.9 Å². The number of benzene rings is 2. The number of ether oxygens (including phenoxy) is 1. The molecule has 1 atom stereocenters. The van der Waals surface area contributed by atoms with Crippen LogP contribution < -0.4 is 4.74 Å². The van der Waals surface area contributed by atoms with Gasteiger partial charge in [-0.15, -0.1) is 0 Å². The maximum atomic E-state index is 13.3. The lowest BCUT2D eigenvalue weighted by atomic mass is 10.0. The third-order valence-corrected chi connectivity index (χ3v) is 7.18. The number of piperazine rings is 1. The Morgan fingerprint density at radius 2 is 1.74 bits per heavy atom. The molecule has 2 aromatic rings. The van der Waals surface area contributed by atoms with Gasteiger partial charge < -0.3 is 4.74 Å². The molecule has 3 rings (SSSR count). The Morgan fingerprint density at radius 1 is 1.07 bits per heavy atom. The molecule has 7 heteroatoms. The average Bonchev–Trinajstić information content (AvgIpc) is 2.64. The maximum absolute atomic E-state index is 13.3. The van der Waals surface area contributed by atoms with Gasteiger partial charge in [0.1, 0.15) is 11.6 Å². The van der Waals surface area contributed by atoms with Crippen molar-refractivity contribution < 1.29 is 17.5 Å². The van der Waals surface area contributed by atoms with Gasteiger partial charge in [0.25, 0.3) is 0 Å². The SMILES string of the molecule is COc1cc(C)c(S(=O)(=O)N2CCN(C)C(c3ccc(F)cc3)C2)cc1C. The third kappa shape index (κ3) is 3.85. The summed E-state index contributed by atoms with van der Waals surface area (Å²) in [6.07, 6.45) is 0. The van der Waals surface area contributed by atoms with E-state index in [0.29, 0.717) is 35.8 Å². The van der Waals surface area contributed by atoms with E-state index in [4.69, 9.17) is 4.74 Å². The van der Waals surface area contributed by atoms with Gasteiger partial charge in [-0.25, -0.2) is 12.8 Å². The fourth-order valence-corrected chi connectivity index (χ4v) is 5.24. The summed E-state index contributed by atoms with van der Waals surface area (Å²) in [5.41, 5.74) is 2.35. The average molecular weight is 392 g/mol. The number of halogens is 1. The van der Waals surface area contributed by atoms with Crippen LogP contribution >= 0.6 is 0 Å². The molecule has 0 spiro atoms. The second kappa shape index (κ2) is 7.58. The Labute approximate surface area is 160 Å². The number of sulfonamides is 1. The minimum atomic E-state index is -3.64. The summed E-state index contributed by atoms with van der Waals surface area (Å²) in [5.74, 6) is 0.375. The van der Waals surface area contributed by atoms with E-state index in [2.05, 4.69) is 4.90 Å². The zero-order valence-electron chi connectivity index (χ0n) is 16.1.